The van der Waals surface area contributed by atoms with E-state index in [4.69, 9.17) is 0 Å². The average molecular weight is 229 g/mol. The van der Waals surface area contributed by atoms with Gasteiger partial charge in [0.1, 0.15) is 12.0 Å². The predicted molar refractivity (Wildman–Crippen MR) is 50.3 cm³/mol. The summed E-state index contributed by atoms with van der Waals surface area (Å²) in [5.74, 6) is 0.213. The van der Waals surface area contributed by atoms with Crippen molar-refractivity contribution < 1.29 is 9.90 Å². The molecule has 0 bridgehead atoms. The second-order valence-electron chi connectivity index (χ2n) is 2.60. The average Bonchev–Trinajstić information content (AvgIpc) is 2.00. The molecule has 0 heterocycles. The van der Waals surface area contributed by atoms with Crippen LogP contribution in [0.5, 0.6) is 5.75 Å². The number of benzene rings is 1. The standard InChI is InChI=1S/C9H9BrO2/c1-6-4-8(10)5-7(2-3-11)9(6)12/h3-5,12H,2H2,1H3. The summed E-state index contributed by atoms with van der Waals surface area (Å²) in [6, 6.07) is 3.56. The predicted octanol–water partition coefficient (Wildman–Crippen LogP) is 2.20. The van der Waals surface area contributed by atoms with Crippen LogP contribution in [0.1, 0.15) is 11.1 Å². The number of aryl methyl sites for hydroxylation is 1. The van der Waals surface area contributed by atoms with Gasteiger partial charge < -0.3 is 9.90 Å². The van der Waals surface area contributed by atoms with Gasteiger partial charge in [-0.2, -0.15) is 0 Å². The Morgan fingerprint density at radius 3 is 2.83 bits per heavy atom. The highest BCUT2D eigenvalue weighted by molar-refractivity contribution is 9.10. The third-order valence-electron chi connectivity index (χ3n) is 1.65. The zero-order valence-corrected chi connectivity index (χ0v) is 8.26. The normalized spacial score (nSPS) is 9.83. The lowest BCUT2D eigenvalue weighted by molar-refractivity contribution is -0.107. The molecule has 64 valence electrons. The van der Waals surface area contributed by atoms with Crippen LogP contribution in [0.4, 0.5) is 0 Å². The first kappa shape index (κ1) is 9.26. The molecule has 2 nitrogen and oxygen atoms in total. The third kappa shape index (κ3) is 1.85. The number of hydrogen-bond acceptors (Lipinski definition) is 2. The molecule has 1 rings (SSSR count). The summed E-state index contributed by atoms with van der Waals surface area (Å²) in [7, 11) is 0. The van der Waals surface area contributed by atoms with Gasteiger partial charge in [0.05, 0.1) is 0 Å². The van der Waals surface area contributed by atoms with Crippen LogP contribution in [0.15, 0.2) is 16.6 Å². The Bertz CT molecular complexity index is 308. The van der Waals surface area contributed by atoms with E-state index >= 15 is 0 Å². The van der Waals surface area contributed by atoms with Gasteiger partial charge in [0.2, 0.25) is 0 Å². The zero-order valence-electron chi connectivity index (χ0n) is 6.67. The van der Waals surface area contributed by atoms with Crippen molar-refractivity contribution in [1.82, 2.24) is 0 Å². The first-order valence-electron chi connectivity index (χ1n) is 3.56. The van der Waals surface area contributed by atoms with Gasteiger partial charge in [0.15, 0.2) is 0 Å². The summed E-state index contributed by atoms with van der Waals surface area (Å²) < 4.78 is 0.884. The van der Waals surface area contributed by atoms with E-state index < -0.39 is 0 Å². The van der Waals surface area contributed by atoms with Crippen molar-refractivity contribution in [2.75, 3.05) is 0 Å². The van der Waals surface area contributed by atoms with Gasteiger partial charge in [-0.05, 0) is 24.6 Å². The lowest BCUT2D eigenvalue weighted by Crippen LogP contribution is -1.89. The molecule has 0 saturated carbocycles. The number of carbonyl (C=O) groups excluding carboxylic acids is 1. The number of rotatable bonds is 2. The van der Waals surface area contributed by atoms with E-state index in [0.717, 1.165) is 16.3 Å². The SMILES string of the molecule is Cc1cc(Br)cc(CC=O)c1O. The van der Waals surface area contributed by atoms with Crippen molar-refractivity contribution in [3.05, 3.63) is 27.7 Å². The van der Waals surface area contributed by atoms with Crippen LogP contribution >= 0.6 is 15.9 Å². The van der Waals surface area contributed by atoms with Gasteiger partial charge in [-0.3, -0.25) is 0 Å². The summed E-state index contributed by atoms with van der Waals surface area (Å²) in [4.78, 5) is 10.2. The molecule has 1 aromatic carbocycles. The second-order valence-corrected chi connectivity index (χ2v) is 3.52. The van der Waals surface area contributed by atoms with Crippen LogP contribution < -0.4 is 0 Å². The van der Waals surface area contributed by atoms with Crippen LogP contribution in [0.25, 0.3) is 0 Å². The Morgan fingerprint density at radius 2 is 2.25 bits per heavy atom. The molecule has 0 aliphatic carbocycles. The molecule has 0 amide bonds. The molecule has 3 heteroatoms. The Kier molecular flexibility index (Phi) is 2.87. The molecule has 1 aromatic rings. The quantitative estimate of drug-likeness (QED) is 0.789. The molecular formula is C9H9BrO2. The van der Waals surface area contributed by atoms with Gasteiger partial charge in [0, 0.05) is 16.5 Å². The van der Waals surface area contributed by atoms with E-state index in [0.29, 0.717) is 5.56 Å². The van der Waals surface area contributed by atoms with E-state index in [1.165, 1.54) is 0 Å². The highest BCUT2D eigenvalue weighted by atomic mass is 79.9. The van der Waals surface area contributed by atoms with Crippen molar-refractivity contribution in [3.63, 3.8) is 0 Å². The van der Waals surface area contributed by atoms with E-state index in [2.05, 4.69) is 15.9 Å². The lowest BCUT2D eigenvalue weighted by atomic mass is 10.1. The molecule has 0 fully saturated rings. The van der Waals surface area contributed by atoms with Crippen molar-refractivity contribution in [2.45, 2.75) is 13.3 Å². The summed E-state index contributed by atoms with van der Waals surface area (Å²) in [6.07, 6.45) is 1.03. The van der Waals surface area contributed by atoms with Crippen molar-refractivity contribution in [2.24, 2.45) is 0 Å². The van der Waals surface area contributed by atoms with Crippen LogP contribution in [-0.2, 0) is 11.2 Å². The number of aromatic hydroxyl groups is 1. The van der Waals surface area contributed by atoms with E-state index in [1.807, 2.05) is 6.07 Å². The van der Waals surface area contributed by atoms with Crippen molar-refractivity contribution in [1.29, 1.82) is 0 Å². The van der Waals surface area contributed by atoms with Crippen LogP contribution in [0, 0.1) is 6.92 Å². The largest absolute Gasteiger partial charge is 0.507 e. The Balaban J connectivity index is 3.17. The number of hydrogen-bond donors (Lipinski definition) is 1. The number of phenols is 1. The minimum absolute atomic E-state index is 0.213. The number of phenolic OH excluding ortho intramolecular Hbond substituents is 1. The Hall–Kier alpha value is -0.830. The second kappa shape index (κ2) is 3.72. The molecular weight excluding hydrogens is 220 g/mol. The fraction of sp³-hybridized carbons (Fsp3) is 0.222. The molecule has 0 aliphatic rings. The fourth-order valence-electron chi connectivity index (χ4n) is 1.05. The third-order valence-corrected chi connectivity index (χ3v) is 2.11. The minimum Gasteiger partial charge on any atom is -0.507 e. The monoisotopic (exact) mass is 228 g/mol. The molecule has 12 heavy (non-hydrogen) atoms. The van der Waals surface area contributed by atoms with Crippen molar-refractivity contribution >= 4 is 22.2 Å². The van der Waals surface area contributed by atoms with Gasteiger partial charge >= 0.3 is 0 Å². The Labute approximate surface area is 79.3 Å². The minimum atomic E-state index is 0.213. The zero-order chi connectivity index (χ0) is 9.14. The first-order chi connectivity index (χ1) is 5.65. The maximum Gasteiger partial charge on any atom is 0.124 e. The molecule has 0 radical (unpaired) electrons. The smallest absolute Gasteiger partial charge is 0.124 e. The molecule has 0 atom stereocenters. The Morgan fingerprint density at radius 1 is 1.58 bits per heavy atom. The van der Waals surface area contributed by atoms with Crippen LogP contribution in [-0.4, -0.2) is 11.4 Å². The number of halogens is 1. The number of aldehydes is 1. The van der Waals surface area contributed by atoms with Crippen LogP contribution in [0.3, 0.4) is 0 Å². The van der Waals surface area contributed by atoms with E-state index in [1.54, 1.807) is 13.0 Å². The molecule has 1 N–H and O–H groups in total. The molecule has 0 unspecified atom stereocenters. The van der Waals surface area contributed by atoms with Gasteiger partial charge in [-0.25, -0.2) is 0 Å². The highest BCUT2D eigenvalue weighted by Crippen LogP contribution is 2.26. The summed E-state index contributed by atoms with van der Waals surface area (Å²) in [5.41, 5.74) is 1.44. The highest BCUT2D eigenvalue weighted by Gasteiger charge is 2.04. The van der Waals surface area contributed by atoms with Crippen molar-refractivity contribution in [3.8, 4) is 5.75 Å². The summed E-state index contributed by atoms with van der Waals surface area (Å²) in [6.45, 7) is 1.80. The fourth-order valence-corrected chi connectivity index (χ4v) is 1.67. The molecule has 0 saturated heterocycles. The topological polar surface area (TPSA) is 37.3 Å². The maximum atomic E-state index is 10.2. The van der Waals surface area contributed by atoms with Gasteiger partial charge in [0.25, 0.3) is 0 Å². The molecule has 0 aromatic heterocycles. The van der Waals surface area contributed by atoms with Gasteiger partial charge in [-0.15, -0.1) is 0 Å². The summed E-state index contributed by atoms with van der Waals surface area (Å²) in [5, 5.41) is 9.47. The van der Waals surface area contributed by atoms with Crippen LogP contribution in [0.2, 0.25) is 0 Å². The molecule has 0 aliphatic heterocycles. The van der Waals surface area contributed by atoms with Gasteiger partial charge in [-0.1, -0.05) is 15.9 Å². The van der Waals surface area contributed by atoms with E-state index in [9.17, 15) is 9.90 Å². The number of carbonyl (C=O) groups is 1. The molecule has 0 spiro atoms. The summed E-state index contributed by atoms with van der Waals surface area (Å²) >= 11 is 3.29. The maximum absolute atomic E-state index is 10.2. The first-order valence-corrected chi connectivity index (χ1v) is 4.36. The lowest BCUT2D eigenvalue weighted by Gasteiger charge is -2.04. The van der Waals surface area contributed by atoms with E-state index in [-0.39, 0.29) is 12.2 Å².